The standard InChI is InChI=1S/C22H26ClN3O/c23-20-7-5-18(6-8-20)14-21(27)25-12-2-9-22(17-25)10-3-13-26(22)16-19-4-1-11-24-15-19/h1,4-8,11,15H,2-3,9-10,12-14,16-17H2. The molecule has 5 heteroatoms. The number of hydrogen-bond donors (Lipinski definition) is 0. The summed E-state index contributed by atoms with van der Waals surface area (Å²) in [6.07, 6.45) is 8.88. The molecule has 1 atom stereocenters. The second-order valence-corrected chi connectivity index (χ2v) is 8.27. The third-order valence-corrected chi connectivity index (χ3v) is 6.27. The number of rotatable bonds is 4. The van der Waals surface area contributed by atoms with Gasteiger partial charge in [0.15, 0.2) is 0 Å². The highest BCUT2D eigenvalue weighted by molar-refractivity contribution is 6.30. The van der Waals surface area contributed by atoms with Gasteiger partial charge in [0.2, 0.25) is 5.91 Å². The van der Waals surface area contributed by atoms with Crippen LogP contribution in [-0.2, 0) is 17.8 Å². The van der Waals surface area contributed by atoms with Crippen LogP contribution >= 0.6 is 11.6 Å². The molecule has 1 spiro atoms. The van der Waals surface area contributed by atoms with Crippen molar-refractivity contribution in [1.29, 1.82) is 0 Å². The van der Waals surface area contributed by atoms with Crippen LogP contribution in [0.1, 0.15) is 36.8 Å². The first-order valence-electron chi connectivity index (χ1n) is 9.81. The predicted octanol–water partition coefficient (Wildman–Crippen LogP) is 3.93. The lowest BCUT2D eigenvalue weighted by atomic mass is 9.86. The van der Waals surface area contributed by atoms with Crippen molar-refractivity contribution in [2.75, 3.05) is 19.6 Å². The zero-order valence-electron chi connectivity index (χ0n) is 15.6. The number of carbonyl (C=O) groups excluding carboxylic acids is 1. The third kappa shape index (κ3) is 4.17. The third-order valence-electron chi connectivity index (χ3n) is 6.01. The van der Waals surface area contributed by atoms with E-state index in [1.54, 1.807) is 0 Å². The van der Waals surface area contributed by atoms with Crippen molar-refractivity contribution in [2.24, 2.45) is 0 Å². The topological polar surface area (TPSA) is 36.4 Å². The number of hydrogen-bond acceptors (Lipinski definition) is 3. The number of nitrogens with zero attached hydrogens (tertiary/aromatic N) is 3. The molecule has 2 aliphatic heterocycles. The molecule has 4 nitrogen and oxygen atoms in total. The Hall–Kier alpha value is -1.91. The van der Waals surface area contributed by atoms with Crippen LogP contribution in [-0.4, -0.2) is 45.9 Å². The maximum absolute atomic E-state index is 12.9. The Labute approximate surface area is 166 Å². The first-order valence-corrected chi connectivity index (χ1v) is 10.2. The van der Waals surface area contributed by atoms with Gasteiger partial charge in [-0.25, -0.2) is 0 Å². The maximum Gasteiger partial charge on any atom is 0.227 e. The molecule has 0 bridgehead atoms. The fourth-order valence-electron chi connectivity index (χ4n) is 4.63. The summed E-state index contributed by atoms with van der Waals surface area (Å²) in [5, 5.41) is 0.708. The van der Waals surface area contributed by atoms with Crippen LogP contribution < -0.4 is 0 Å². The molecule has 2 saturated heterocycles. The van der Waals surface area contributed by atoms with Crippen molar-refractivity contribution in [2.45, 2.75) is 44.2 Å². The molecular formula is C22H26ClN3O. The number of halogens is 1. The molecule has 2 aromatic rings. The van der Waals surface area contributed by atoms with Gasteiger partial charge in [0.1, 0.15) is 0 Å². The maximum atomic E-state index is 12.9. The monoisotopic (exact) mass is 383 g/mol. The zero-order chi connectivity index (χ0) is 18.7. The summed E-state index contributed by atoms with van der Waals surface area (Å²) < 4.78 is 0. The van der Waals surface area contributed by atoms with Gasteiger partial charge in [-0.15, -0.1) is 0 Å². The molecule has 142 valence electrons. The number of benzene rings is 1. The van der Waals surface area contributed by atoms with Gasteiger partial charge in [0, 0.05) is 42.6 Å². The lowest BCUT2D eigenvalue weighted by molar-refractivity contribution is -0.134. The van der Waals surface area contributed by atoms with Gasteiger partial charge in [-0.2, -0.15) is 0 Å². The molecule has 4 rings (SSSR count). The van der Waals surface area contributed by atoms with Gasteiger partial charge in [0.25, 0.3) is 0 Å². The molecule has 0 N–H and O–H groups in total. The van der Waals surface area contributed by atoms with Crippen LogP contribution in [0.15, 0.2) is 48.8 Å². The van der Waals surface area contributed by atoms with Crippen LogP contribution in [0, 0.1) is 0 Å². The Balaban J connectivity index is 1.44. The Kier molecular flexibility index (Phi) is 5.46. The number of aromatic nitrogens is 1. The molecule has 2 aliphatic rings. The predicted molar refractivity (Wildman–Crippen MR) is 108 cm³/mol. The van der Waals surface area contributed by atoms with Crippen molar-refractivity contribution in [3.05, 3.63) is 64.9 Å². The van der Waals surface area contributed by atoms with E-state index >= 15 is 0 Å². The van der Waals surface area contributed by atoms with Crippen LogP contribution in [0.25, 0.3) is 0 Å². The highest BCUT2D eigenvalue weighted by Gasteiger charge is 2.44. The zero-order valence-corrected chi connectivity index (χ0v) is 16.4. The quantitative estimate of drug-likeness (QED) is 0.802. The number of carbonyl (C=O) groups is 1. The molecule has 0 saturated carbocycles. The molecule has 1 aromatic carbocycles. The van der Waals surface area contributed by atoms with Crippen molar-refractivity contribution in [3.8, 4) is 0 Å². The van der Waals surface area contributed by atoms with E-state index in [-0.39, 0.29) is 11.4 Å². The van der Waals surface area contributed by atoms with Gasteiger partial charge in [-0.05, 0) is 61.6 Å². The van der Waals surface area contributed by atoms with E-state index in [1.807, 2.05) is 42.7 Å². The van der Waals surface area contributed by atoms with Crippen LogP contribution in [0.5, 0.6) is 0 Å². The lowest BCUT2D eigenvalue weighted by Gasteiger charge is -2.46. The fourth-order valence-corrected chi connectivity index (χ4v) is 4.76. The summed E-state index contributed by atoms with van der Waals surface area (Å²) in [6.45, 7) is 3.75. The van der Waals surface area contributed by atoms with E-state index in [1.165, 1.54) is 24.8 Å². The minimum atomic E-state index is 0.129. The van der Waals surface area contributed by atoms with E-state index in [0.29, 0.717) is 11.4 Å². The number of likely N-dealkylation sites (tertiary alicyclic amines) is 2. The Bertz CT molecular complexity index is 780. The normalized spacial score (nSPS) is 23.1. The van der Waals surface area contributed by atoms with Crippen LogP contribution in [0.3, 0.4) is 0 Å². The summed E-state index contributed by atoms with van der Waals surface area (Å²) >= 11 is 5.96. The molecule has 1 aromatic heterocycles. The van der Waals surface area contributed by atoms with E-state index in [2.05, 4.69) is 20.9 Å². The second-order valence-electron chi connectivity index (χ2n) is 7.83. The van der Waals surface area contributed by atoms with Gasteiger partial charge in [-0.3, -0.25) is 14.7 Å². The van der Waals surface area contributed by atoms with E-state index in [9.17, 15) is 4.79 Å². The van der Waals surface area contributed by atoms with Crippen molar-refractivity contribution in [3.63, 3.8) is 0 Å². The highest BCUT2D eigenvalue weighted by atomic mass is 35.5. The van der Waals surface area contributed by atoms with Crippen LogP contribution in [0.2, 0.25) is 5.02 Å². The first kappa shape index (κ1) is 18.5. The number of pyridine rings is 1. The minimum absolute atomic E-state index is 0.129. The van der Waals surface area contributed by atoms with Crippen molar-refractivity contribution >= 4 is 17.5 Å². The Morgan fingerprint density at radius 3 is 2.59 bits per heavy atom. The summed E-state index contributed by atoms with van der Waals surface area (Å²) in [7, 11) is 0. The summed E-state index contributed by atoms with van der Waals surface area (Å²) in [5.41, 5.74) is 2.41. The van der Waals surface area contributed by atoms with Gasteiger partial charge in [-0.1, -0.05) is 29.8 Å². The average Bonchev–Trinajstić information content (AvgIpc) is 3.05. The van der Waals surface area contributed by atoms with Gasteiger partial charge >= 0.3 is 0 Å². The summed E-state index contributed by atoms with van der Waals surface area (Å²) in [5.74, 6) is 0.227. The van der Waals surface area contributed by atoms with Gasteiger partial charge in [0.05, 0.1) is 6.42 Å². The SMILES string of the molecule is O=C(Cc1ccc(Cl)cc1)N1CCCC2(CCCN2Cc2cccnc2)C1. The van der Waals surface area contributed by atoms with Gasteiger partial charge < -0.3 is 4.90 Å². The number of amides is 1. The molecule has 1 unspecified atom stereocenters. The first-order chi connectivity index (χ1) is 13.1. The van der Waals surface area contributed by atoms with Crippen molar-refractivity contribution < 1.29 is 4.79 Å². The smallest absolute Gasteiger partial charge is 0.227 e. The number of piperidine rings is 1. The summed E-state index contributed by atoms with van der Waals surface area (Å²) in [4.78, 5) is 21.8. The molecular weight excluding hydrogens is 358 g/mol. The van der Waals surface area contributed by atoms with E-state index in [4.69, 9.17) is 11.6 Å². The summed E-state index contributed by atoms with van der Waals surface area (Å²) in [6, 6.07) is 11.8. The minimum Gasteiger partial charge on any atom is -0.341 e. The van der Waals surface area contributed by atoms with E-state index < -0.39 is 0 Å². The fraction of sp³-hybridized carbons (Fsp3) is 0.455. The molecule has 2 fully saturated rings. The Morgan fingerprint density at radius 1 is 1.07 bits per heavy atom. The molecule has 0 radical (unpaired) electrons. The largest absolute Gasteiger partial charge is 0.341 e. The molecule has 0 aliphatic carbocycles. The lowest BCUT2D eigenvalue weighted by Crippen LogP contribution is -2.56. The average molecular weight is 384 g/mol. The van der Waals surface area contributed by atoms with Crippen LogP contribution in [0.4, 0.5) is 0 Å². The van der Waals surface area contributed by atoms with E-state index in [0.717, 1.165) is 38.2 Å². The molecule has 3 heterocycles. The highest BCUT2D eigenvalue weighted by Crippen LogP contribution is 2.38. The molecule has 27 heavy (non-hydrogen) atoms. The second kappa shape index (κ2) is 7.99. The Morgan fingerprint density at radius 2 is 1.85 bits per heavy atom. The molecule has 1 amide bonds. The van der Waals surface area contributed by atoms with Crippen molar-refractivity contribution in [1.82, 2.24) is 14.8 Å².